The average molecular weight is 255 g/mol. The Labute approximate surface area is 107 Å². The molecule has 1 aliphatic heterocycles. The molecule has 0 aromatic carbocycles. The van der Waals surface area contributed by atoms with Gasteiger partial charge in [-0.25, -0.2) is 4.98 Å². The van der Waals surface area contributed by atoms with Gasteiger partial charge in [-0.2, -0.15) is 0 Å². The van der Waals surface area contributed by atoms with E-state index < -0.39 is 0 Å². The number of ether oxygens (including phenoxy) is 1. The molecule has 5 heteroatoms. The molecule has 0 saturated carbocycles. The zero-order valence-electron chi connectivity index (χ0n) is 10.6. The maximum atomic E-state index is 5.91. The highest BCUT2D eigenvalue weighted by Gasteiger charge is 2.28. The molecule has 2 N–H and O–H groups in total. The van der Waals surface area contributed by atoms with Crippen LogP contribution < -0.4 is 5.73 Å². The Balaban J connectivity index is 1.97. The van der Waals surface area contributed by atoms with Gasteiger partial charge in [-0.1, -0.05) is 0 Å². The normalized spacial score (nSPS) is 22.2. The molecule has 2 unspecified atom stereocenters. The molecule has 0 bridgehead atoms. The second-order valence-corrected chi connectivity index (χ2v) is 5.64. The van der Waals surface area contributed by atoms with Gasteiger partial charge in [0.25, 0.3) is 0 Å². The third kappa shape index (κ3) is 3.04. The fraction of sp³-hybridized carbons (Fsp3) is 0.750. The smallest absolute Gasteiger partial charge is 0.0798 e. The van der Waals surface area contributed by atoms with Crippen LogP contribution in [0.2, 0.25) is 0 Å². The van der Waals surface area contributed by atoms with Gasteiger partial charge in [-0.05, 0) is 20.4 Å². The van der Waals surface area contributed by atoms with Crippen LogP contribution in [0, 0.1) is 12.8 Å². The highest BCUT2D eigenvalue weighted by Crippen LogP contribution is 2.22. The third-order valence-electron chi connectivity index (χ3n) is 3.55. The lowest BCUT2D eigenvalue weighted by atomic mass is 9.98. The van der Waals surface area contributed by atoms with Crippen LogP contribution in [-0.4, -0.2) is 42.7 Å². The minimum absolute atomic E-state index is 0.416. The Morgan fingerprint density at radius 2 is 2.53 bits per heavy atom. The molecule has 2 rings (SSSR count). The van der Waals surface area contributed by atoms with Gasteiger partial charge in [0.1, 0.15) is 0 Å². The zero-order valence-corrected chi connectivity index (χ0v) is 11.4. The second-order valence-electron chi connectivity index (χ2n) is 4.70. The summed E-state index contributed by atoms with van der Waals surface area (Å²) in [6, 6.07) is 0.416. The highest BCUT2D eigenvalue weighted by atomic mass is 32.1. The van der Waals surface area contributed by atoms with Crippen LogP contribution in [0.25, 0.3) is 0 Å². The quantitative estimate of drug-likeness (QED) is 0.860. The minimum Gasteiger partial charge on any atom is -0.381 e. The molecule has 0 radical (unpaired) electrons. The van der Waals surface area contributed by atoms with Crippen molar-refractivity contribution in [2.24, 2.45) is 11.7 Å². The summed E-state index contributed by atoms with van der Waals surface area (Å²) in [5, 5.41) is 0. The number of hydrogen-bond donors (Lipinski definition) is 1. The SMILES string of the molecule is Cc1ncsc1CN(C)C(CN)C1CCOC1. The predicted molar refractivity (Wildman–Crippen MR) is 70.1 cm³/mol. The number of nitrogens with two attached hydrogens (primary N) is 1. The zero-order chi connectivity index (χ0) is 12.3. The molecule has 1 aromatic heterocycles. The first-order valence-electron chi connectivity index (χ1n) is 6.09. The Kier molecular flexibility index (Phi) is 4.50. The molecule has 17 heavy (non-hydrogen) atoms. The first kappa shape index (κ1) is 13.0. The van der Waals surface area contributed by atoms with E-state index in [-0.39, 0.29) is 0 Å². The molecule has 0 spiro atoms. The molecule has 0 amide bonds. The van der Waals surface area contributed by atoms with Crippen LogP contribution in [0.4, 0.5) is 0 Å². The average Bonchev–Trinajstić information content (AvgIpc) is 2.93. The summed E-state index contributed by atoms with van der Waals surface area (Å²) in [7, 11) is 2.15. The summed E-state index contributed by atoms with van der Waals surface area (Å²) in [5.74, 6) is 0.582. The lowest BCUT2D eigenvalue weighted by Crippen LogP contribution is -2.43. The van der Waals surface area contributed by atoms with Crippen molar-refractivity contribution in [2.75, 3.05) is 26.8 Å². The molecule has 4 nitrogen and oxygen atoms in total. The van der Waals surface area contributed by atoms with Gasteiger partial charge in [-0.3, -0.25) is 4.90 Å². The summed E-state index contributed by atoms with van der Waals surface area (Å²) in [5.41, 5.74) is 8.96. The Hall–Kier alpha value is -0.490. The lowest BCUT2D eigenvalue weighted by molar-refractivity contribution is 0.137. The van der Waals surface area contributed by atoms with Crippen LogP contribution in [0.5, 0.6) is 0 Å². The van der Waals surface area contributed by atoms with Crippen molar-refractivity contribution in [1.82, 2.24) is 9.88 Å². The number of nitrogens with zero attached hydrogens (tertiary/aromatic N) is 2. The number of aromatic nitrogens is 1. The molecule has 0 aliphatic carbocycles. The van der Waals surface area contributed by atoms with Crippen LogP contribution in [0.3, 0.4) is 0 Å². The summed E-state index contributed by atoms with van der Waals surface area (Å²) < 4.78 is 5.46. The van der Waals surface area contributed by atoms with Crippen LogP contribution in [0.15, 0.2) is 5.51 Å². The first-order chi connectivity index (χ1) is 8.22. The summed E-state index contributed by atoms with van der Waals surface area (Å²) in [6.45, 7) is 5.44. The van der Waals surface area contributed by atoms with Gasteiger partial charge < -0.3 is 10.5 Å². The molecule has 1 saturated heterocycles. The molecule has 1 aromatic rings. The molecule has 1 aliphatic rings. The standard InChI is InChI=1S/C12H21N3OS/c1-9-12(17-8-14-9)6-15(2)11(5-13)10-3-4-16-7-10/h8,10-11H,3-7,13H2,1-2H3. The van der Waals surface area contributed by atoms with E-state index in [4.69, 9.17) is 10.5 Å². The van der Waals surface area contributed by atoms with E-state index in [1.807, 2.05) is 5.51 Å². The summed E-state index contributed by atoms with van der Waals surface area (Å²) >= 11 is 1.72. The van der Waals surface area contributed by atoms with Gasteiger partial charge in [0.15, 0.2) is 0 Å². The predicted octanol–water partition coefficient (Wildman–Crippen LogP) is 1.25. The molecular weight excluding hydrogens is 234 g/mol. The molecule has 1 fully saturated rings. The van der Waals surface area contributed by atoms with E-state index in [2.05, 4.69) is 23.9 Å². The monoisotopic (exact) mass is 255 g/mol. The van der Waals surface area contributed by atoms with E-state index in [0.717, 1.165) is 31.9 Å². The van der Waals surface area contributed by atoms with E-state index in [9.17, 15) is 0 Å². The van der Waals surface area contributed by atoms with Crippen molar-refractivity contribution in [1.29, 1.82) is 0 Å². The van der Waals surface area contributed by atoms with Gasteiger partial charge in [0.05, 0.1) is 17.8 Å². The van der Waals surface area contributed by atoms with Crippen molar-refractivity contribution in [3.05, 3.63) is 16.1 Å². The van der Waals surface area contributed by atoms with Crippen molar-refractivity contribution in [3.63, 3.8) is 0 Å². The van der Waals surface area contributed by atoms with Crippen LogP contribution >= 0.6 is 11.3 Å². The molecule has 2 heterocycles. The lowest BCUT2D eigenvalue weighted by Gasteiger charge is -2.30. The number of rotatable bonds is 5. The topological polar surface area (TPSA) is 51.4 Å². The van der Waals surface area contributed by atoms with E-state index >= 15 is 0 Å². The van der Waals surface area contributed by atoms with Crippen LogP contribution in [-0.2, 0) is 11.3 Å². The Morgan fingerprint density at radius 1 is 1.71 bits per heavy atom. The highest BCUT2D eigenvalue weighted by molar-refractivity contribution is 7.09. The number of hydrogen-bond acceptors (Lipinski definition) is 5. The van der Waals surface area contributed by atoms with Gasteiger partial charge in [0, 0.05) is 36.5 Å². The Bertz CT molecular complexity index is 349. The number of aryl methyl sites for hydroxylation is 1. The second kappa shape index (κ2) is 5.91. The summed E-state index contributed by atoms with van der Waals surface area (Å²) in [4.78, 5) is 7.97. The number of likely N-dealkylation sites (N-methyl/N-ethyl adjacent to an activating group) is 1. The first-order valence-corrected chi connectivity index (χ1v) is 6.97. The van der Waals surface area contributed by atoms with Crippen molar-refractivity contribution >= 4 is 11.3 Å². The summed E-state index contributed by atoms with van der Waals surface area (Å²) in [6.07, 6.45) is 1.13. The molecular formula is C12H21N3OS. The fourth-order valence-electron chi connectivity index (χ4n) is 2.41. The molecule has 96 valence electrons. The van der Waals surface area contributed by atoms with Crippen molar-refractivity contribution in [3.8, 4) is 0 Å². The fourth-order valence-corrected chi connectivity index (χ4v) is 3.25. The van der Waals surface area contributed by atoms with Crippen molar-refractivity contribution in [2.45, 2.75) is 25.9 Å². The van der Waals surface area contributed by atoms with Gasteiger partial charge in [-0.15, -0.1) is 11.3 Å². The maximum Gasteiger partial charge on any atom is 0.0798 e. The van der Waals surface area contributed by atoms with Gasteiger partial charge >= 0.3 is 0 Å². The maximum absolute atomic E-state index is 5.91. The van der Waals surface area contributed by atoms with Crippen molar-refractivity contribution < 1.29 is 4.74 Å². The molecule has 2 atom stereocenters. The minimum atomic E-state index is 0.416. The Morgan fingerprint density at radius 3 is 3.06 bits per heavy atom. The third-order valence-corrected chi connectivity index (χ3v) is 4.47. The van der Waals surface area contributed by atoms with E-state index in [1.165, 1.54) is 4.88 Å². The van der Waals surface area contributed by atoms with Gasteiger partial charge in [0.2, 0.25) is 0 Å². The largest absolute Gasteiger partial charge is 0.381 e. The van der Waals surface area contributed by atoms with Crippen LogP contribution in [0.1, 0.15) is 17.0 Å². The van der Waals surface area contributed by atoms with E-state index in [0.29, 0.717) is 18.5 Å². The van der Waals surface area contributed by atoms with E-state index in [1.54, 1.807) is 11.3 Å². The number of thiazole rings is 1.